The van der Waals surface area contributed by atoms with Crippen LogP contribution in [0.1, 0.15) is 30.1 Å². The maximum absolute atomic E-state index is 13.0. The monoisotopic (exact) mass is 332 g/mol. The summed E-state index contributed by atoms with van der Waals surface area (Å²) in [6.07, 6.45) is 2.53. The van der Waals surface area contributed by atoms with Crippen LogP contribution in [0.5, 0.6) is 11.5 Å². The molecule has 7 heteroatoms. The molecule has 3 rings (SSSR count). The van der Waals surface area contributed by atoms with Crippen LogP contribution < -0.4 is 9.47 Å². The summed E-state index contributed by atoms with van der Waals surface area (Å²) in [5, 5.41) is 19.1. The highest BCUT2D eigenvalue weighted by atomic mass is 16.7. The standard InChI is InChI=1S/C17H16O7/c1-16(14(19)20)5-2-6-17(8-16,15(21)22)13(18)10-3-4-11-12(7-10)24-9-23-11/h2-5,7H,6,8-9H2,1H3,(H,19,20)(H,21,22). The molecule has 0 saturated heterocycles. The number of allylic oxidation sites excluding steroid dienone is 1. The van der Waals surface area contributed by atoms with E-state index in [1.54, 1.807) is 6.07 Å². The van der Waals surface area contributed by atoms with Gasteiger partial charge in [0, 0.05) is 5.56 Å². The van der Waals surface area contributed by atoms with E-state index in [1.165, 1.54) is 31.2 Å². The fraction of sp³-hybridized carbons (Fsp3) is 0.353. The number of rotatable bonds is 4. The van der Waals surface area contributed by atoms with Crippen molar-refractivity contribution in [2.24, 2.45) is 10.8 Å². The molecular weight excluding hydrogens is 316 g/mol. The minimum atomic E-state index is -1.82. The minimum absolute atomic E-state index is 0.0386. The fourth-order valence-electron chi connectivity index (χ4n) is 3.17. The van der Waals surface area contributed by atoms with Gasteiger partial charge < -0.3 is 19.7 Å². The first-order chi connectivity index (χ1) is 11.3. The zero-order valence-corrected chi connectivity index (χ0v) is 12.9. The van der Waals surface area contributed by atoms with Gasteiger partial charge in [-0.1, -0.05) is 12.2 Å². The van der Waals surface area contributed by atoms with E-state index in [2.05, 4.69) is 0 Å². The molecule has 0 saturated carbocycles. The van der Waals surface area contributed by atoms with Crippen molar-refractivity contribution in [1.82, 2.24) is 0 Å². The van der Waals surface area contributed by atoms with Crippen molar-refractivity contribution in [2.45, 2.75) is 19.8 Å². The Bertz CT molecular complexity index is 766. The van der Waals surface area contributed by atoms with E-state index in [0.717, 1.165) is 0 Å². The number of carbonyl (C=O) groups is 3. The van der Waals surface area contributed by atoms with E-state index in [1.807, 2.05) is 0 Å². The summed E-state index contributed by atoms with van der Waals surface area (Å²) in [6, 6.07) is 4.45. The third-order valence-electron chi connectivity index (χ3n) is 4.59. The number of hydrogen-bond donors (Lipinski definition) is 2. The molecule has 1 aromatic carbocycles. The maximum Gasteiger partial charge on any atom is 0.317 e. The Kier molecular flexibility index (Phi) is 3.59. The van der Waals surface area contributed by atoms with Gasteiger partial charge in [-0.15, -0.1) is 0 Å². The Morgan fingerprint density at radius 2 is 1.79 bits per heavy atom. The summed E-state index contributed by atoms with van der Waals surface area (Å²) >= 11 is 0. The first-order valence-corrected chi connectivity index (χ1v) is 7.37. The molecule has 2 aliphatic rings. The van der Waals surface area contributed by atoms with Gasteiger partial charge in [0.1, 0.15) is 5.41 Å². The van der Waals surface area contributed by atoms with Gasteiger partial charge in [0.2, 0.25) is 6.79 Å². The average Bonchev–Trinajstić information content (AvgIpc) is 3.01. The summed E-state index contributed by atoms with van der Waals surface area (Å²) in [5.74, 6) is -2.28. The van der Waals surface area contributed by atoms with Crippen molar-refractivity contribution in [3.8, 4) is 11.5 Å². The molecule has 2 N–H and O–H groups in total. The van der Waals surface area contributed by atoms with Crippen molar-refractivity contribution >= 4 is 17.7 Å². The first kappa shape index (κ1) is 16.0. The van der Waals surface area contributed by atoms with Crippen LogP contribution in [0.2, 0.25) is 0 Å². The van der Waals surface area contributed by atoms with Gasteiger partial charge in [-0.25, -0.2) is 0 Å². The lowest BCUT2D eigenvalue weighted by atomic mass is 9.63. The van der Waals surface area contributed by atoms with Gasteiger partial charge in [-0.3, -0.25) is 14.4 Å². The SMILES string of the molecule is CC1(C(=O)O)C=CCC(C(=O)O)(C(=O)c2ccc3c(c2)OCO3)C1. The molecule has 1 aromatic rings. The maximum atomic E-state index is 13.0. The molecule has 126 valence electrons. The molecule has 1 aliphatic carbocycles. The predicted molar refractivity (Wildman–Crippen MR) is 81.1 cm³/mol. The van der Waals surface area contributed by atoms with Crippen LogP contribution >= 0.6 is 0 Å². The summed E-state index contributed by atoms with van der Waals surface area (Å²) in [4.78, 5) is 36.4. The molecule has 1 aliphatic heterocycles. The zero-order valence-electron chi connectivity index (χ0n) is 12.9. The Balaban J connectivity index is 2.03. The van der Waals surface area contributed by atoms with E-state index in [4.69, 9.17) is 9.47 Å². The molecule has 0 spiro atoms. The normalized spacial score (nSPS) is 27.7. The van der Waals surface area contributed by atoms with Crippen LogP contribution in [-0.4, -0.2) is 34.7 Å². The number of carbonyl (C=O) groups excluding carboxylic acids is 1. The third-order valence-corrected chi connectivity index (χ3v) is 4.59. The highest BCUT2D eigenvalue weighted by molar-refractivity contribution is 6.13. The van der Waals surface area contributed by atoms with Crippen molar-refractivity contribution in [3.05, 3.63) is 35.9 Å². The number of benzene rings is 1. The van der Waals surface area contributed by atoms with Crippen molar-refractivity contribution in [3.63, 3.8) is 0 Å². The number of ketones is 1. The molecular formula is C17H16O7. The van der Waals surface area contributed by atoms with E-state index in [0.29, 0.717) is 11.5 Å². The van der Waals surface area contributed by atoms with E-state index >= 15 is 0 Å². The Morgan fingerprint density at radius 1 is 1.08 bits per heavy atom. The number of carboxylic acids is 2. The summed E-state index contributed by atoms with van der Waals surface area (Å²) in [5.41, 5.74) is -3.08. The van der Waals surface area contributed by atoms with Gasteiger partial charge in [-0.2, -0.15) is 0 Å². The van der Waals surface area contributed by atoms with Gasteiger partial charge in [0.05, 0.1) is 5.41 Å². The lowest BCUT2D eigenvalue weighted by Gasteiger charge is -2.37. The summed E-state index contributed by atoms with van der Waals surface area (Å²) < 4.78 is 10.4. The second-order valence-electron chi connectivity index (χ2n) is 6.29. The van der Waals surface area contributed by atoms with Crippen LogP contribution in [0.3, 0.4) is 0 Å². The number of Topliss-reactive ketones (excluding diaryl/α,β-unsaturated/α-hetero) is 1. The first-order valence-electron chi connectivity index (χ1n) is 7.37. The largest absolute Gasteiger partial charge is 0.481 e. The van der Waals surface area contributed by atoms with Crippen LogP contribution in [0.15, 0.2) is 30.4 Å². The van der Waals surface area contributed by atoms with Crippen LogP contribution in [0.25, 0.3) is 0 Å². The van der Waals surface area contributed by atoms with Gasteiger partial charge in [-0.05, 0) is 38.0 Å². The number of aliphatic carboxylic acids is 2. The van der Waals surface area contributed by atoms with Crippen molar-refractivity contribution in [1.29, 1.82) is 0 Å². The topological polar surface area (TPSA) is 110 Å². The van der Waals surface area contributed by atoms with Crippen LogP contribution in [0, 0.1) is 10.8 Å². The second kappa shape index (κ2) is 5.36. The molecule has 7 nitrogen and oxygen atoms in total. The zero-order chi connectivity index (χ0) is 17.5. The van der Waals surface area contributed by atoms with E-state index < -0.39 is 28.6 Å². The second-order valence-corrected chi connectivity index (χ2v) is 6.29. The Labute approximate surface area is 137 Å². The Hall–Kier alpha value is -2.83. The van der Waals surface area contributed by atoms with Gasteiger partial charge in [0.25, 0.3) is 0 Å². The number of carboxylic acid groups (broad SMARTS) is 2. The summed E-state index contributed by atoms with van der Waals surface area (Å²) in [6.45, 7) is 1.45. The van der Waals surface area contributed by atoms with E-state index in [9.17, 15) is 24.6 Å². The smallest absolute Gasteiger partial charge is 0.317 e. The molecule has 2 unspecified atom stereocenters. The molecule has 0 aromatic heterocycles. The highest BCUT2D eigenvalue weighted by Gasteiger charge is 2.53. The minimum Gasteiger partial charge on any atom is -0.481 e. The molecule has 0 radical (unpaired) electrons. The molecule has 24 heavy (non-hydrogen) atoms. The third kappa shape index (κ3) is 2.33. The highest BCUT2D eigenvalue weighted by Crippen LogP contribution is 2.46. The number of fused-ring (bicyclic) bond motifs is 1. The van der Waals surface area contributed by atoms with Gasteiger partial charge in [0.15, 0.2) is 17.3 Å². The van der Waals surface area contributed by atoms with Crippen LogP contribution in [0.4, 0.5) is 0 Å². The number of ether oxygens (including phenoxy) is 2. The summed E-state index contributed by atoms with van der Waals surface area (Å²) in [7, 11) is 0. The van der Waals surface area contributed by atoms with Crippen molar-refractivity contribution in [2.75, 3.05) is 6.79 Å². The fourth-order valence-corrected chi connectivity index (χ4v) is 3.17. The Morgan fingerprint density at radius 3 is 2.46 bits per heavy atom. The predicted octanol–water partition coefficient (Wildman–Crippen LogP) is 2.11. The molecule has 0 bridgehead atoms. The molecule has 0 fully saturated rings. The quantitative estimate of drug-likeness (QED) is 0.493. The number of hydrogen-bond acceptors (Lipinski definition) is 5. The van der Waals surface area contributed by atoms with Crippen LogP contribution in [-0.2, 0) is 9.59 Å². The molecule has 1 heterocycles. The lowest BCUT2D eigenvalue weighted by Crippen LogP contribution is -2.47. The molecule has 2 atom stereocenters. The van der Waals surface area contributed by atoms with Crippen molar-refractivity contribution < 1.29 is 34.1 Å². The lowest BCUT2D eigenvalue weighted by molar-refractivity contribution is -0.152. The van der Waals surface area contributed by atoms with E-state index in [-0.39, 0.29) is 25.2 Å². The molecule has 0 amide bonds. The van der Waals surface area contributed by atoms with Gasteiger partial charge >= 0.3 is 11.9 Å². The average molecular weight is 332 g/mol.